The Kier molecular flexibility index (Phi) is 3.53. The number of nitrogens with one attached hydrogen (secondary N) is 1. The molecule has 1 aliphatic rings. The lowest BCUT2D eigenvalue weighted by molar-refractivity contribution is -0.133. The lowest BCUT2D eigenvalue weighted by atomic mass is 10.0. The zero-order valence-electron chi connectivity index (χ0n) is 10.3. The van der Waals surface area contributed by atoms with E-state index < -0.39 is 23.2 Å². The van der Waals surface area contributed by atoms with Crippen LogP contribution in [0.5, 0.6) is 0 Å². The first-order chi connectivity index (χ1) is 8.92. The van der Waals surface area contributed by atoms with Crippen LogP contribution < -0.4 is 11.1 Å². The number of carbonyl (C=O) groups is 2. The summed E-state index contributed by atoms with van der Waals surface area (Å²) >= 11 is 0. The zero-order valence-corrected chi connectivity index (χ0v) is 10.3. The van der Waals surface area contributed by atoms with Crippen molar-refractivity contribution in [2.24, 2.45) is 5.73 Å². The van der Waals surface area contributed by atoms with E-state index in [2.05, 4.69) is 5.32 Å². The minimum atomic E-state index is -1.38. The number of anilines is 1. The predicted molar refractivity (Wildman–Crippen MR) is 67.0 cm³/mol. The molecular formula is C13H15FN2O3. The van der Waals surface area contributed by atoms with Gasteiger partial charge < -0.3 is 16.2 Å². The van der Waals surface area contributed by atoms with Crippen LogP contribution in [0.2, 0.25) is 0 Å². The molecule has 0 saturated heterocycles. The number of carbonyl (C=O) groups excluding carboxylic acids is 2. The fourth-order valence-electron chi connectivity index (χ4n) is 2.23. The predicted octanol–water partition coefficient (Wildman–Crippen LogP) is 1.17. The van der Waals surface area contributed by atoms with Gasteiger partial charge in [0.25, 0.3) is 11.8 Å². The van der Waals surface area contributed by atoms with Crippen LogP contribution in [0.15, 0.2) is 18.2 Å². The van der Waals surface area contributed by atoms with Crippen LogP contribution in [0.1, 0.15) is 36.0 Å². The largest absolute Gasteiger partial charge is 0.380 e. The minimum absolute atomic E-state index is 0.188. The molecule has 0 bridgehead atoms. The lowest BCUT2D eigenvalue weighted by Crippen LogP contribution is -2.40. The van der Waals surface area contributed by atoms with E-state index in [0.29, 0.717) is 12.8 Å². The van der Waals surface area contributed by atoms with Gasteiger partial charge in [-0.3, -0.25) is 9.59 Å². The third kappa shape index (κ3) is 2.73. The molecule has 6 heteroatoms. The van der Waals surface area contributed by atoms with Crippen LogP contribution in [0.3, 0.4) is 0 Å². The molecule has 0 aromatic heterocycles. The summed E-state index contributed by atoms with van der Waals surface area (Å²) in [5, 5.41) is 12.5. The Balaban J connectivity index is 2.13. The van der Waals surface area contributed by atoms with E-state index in [9.17, 15) is 19.1 Å². The molecule has 1 aliphatic carbocycles. The van der Waals surface area contributed by atoms with Gasteiger partial charge in [-0.25, -0.2) is 4.39 Å². The molecule has 0 aliphatic heterocycles. The fourth-order valence-corrected chi connectivity index (χ4v) is 2.23. The Bertz CT molecular complexity index is 525. The van der Waals surface area contributed by atoms with Crippen molar-refractivity contribution in [3.63, 3.8) is 0 Å². The Labute approximate surface area is 109 Å². The number of halogens is 1. The summed E-state index contributed by atoms with van der Waals surface area (Å²) in [4.78, 5) is 22.8. The SMILES string of the molecule is NC(=O)c1ccc(NC(=O)C2(O)CCCC2)cc1F. The van der Waals surface area contributed by atoms with Crippen molar-refractivity contribution in [3.8, 4) is 0 Å². The first-order valence-electron chi connectivity index (χ1n) is 6.05. The molecule has 2 amide bonds. The van der Waals surface area contributed by atoms with E-state index >= 15 is 0 Å². The number of rotatable bonds is 3. The average Bonchev–Trinajstić information content (AvgIpc) is 2.77. The van der Waals surface area contributed by atoms with E-state index in [-0.39, 0.29) is 11.3 Å². The monoisotopic (exact) mass is 266 g/mol. The Hall–Kier alpha value is -1.95. The number of amides is 2. The van der Waals surface area contributed by atoms with E-state index in [4.69, 9.17) is 5.73 Å². The van der Waals surface area contributed by atoms with Crippen LogP contribution in [0.25, 0.3) is 0 Å². The number of primary amides is 1. The summed E-state index contributed by atoms with van der Waals surface area (Å²) in [5.41, 5.74) is 3.55. The molecule has 4 N–H and O–H groups in total. The van der Waals surface area contributed by atoms with Gasteiger partial charge in [-0.15, -0.1) is 0 Å². The molecule has 1 fully saturated rings. The van der Waals surface area contributed by atoms with Crippen molar-refractivity contribution in [1.82, 2.24) is 0 Å². The highest BCUT2D eigenvalue weighted by molar-refractivity contribution is 5.98. The maximum absolute atomic E-state index is 13.5. The molecule has 2 rings (SSSR count). The van der Waals surface area contributed by atoms with Crippen molar-refractivity contribution in [3.05, 3.63) is 29.6 Å². The van der Waals surface area contributed by atoms with Crippen molar-refractivity contribution in [2.45, 2.75) is 31.3 Å². The summed E-state index contributed by atoms with van der Waals surface area (Å²) in [7, 11) is 0. The topological polar surface area (TPSA) is 92.4 Å². The summed E-state index contributed by atoms with van der Waals surface area (Å²) in [6.45, 7) is 0. The number of benzene rings is 1. The molecule has 0 heterocycles. The summed E-state index contributed by atoms with van der Waals surface area (Å²) in [6.07, 6.45) is 2.39. The molecule has 0 atom stereocenters. The standard InChI is InChI=1S/C13H15FN2O3/c14-10-7-8(3-4-9(10)11(15)17)16-12(18)13(19)5-1-2-6-13/h3-4,7,19H,1-2,5-6H2,(H2,15,17)(H,16,18). The molecule has 1 saturated carbocycles. The van der Waals surface area contributed by atoms with Gasteiger partial charge in [0.1, 0.15) is 11.4 Å². The Morgan fingerprint density at radius 1 is 1.32 bits per heavy atom. The van der Waals surface area contributed by atoms with Gasteiger partial charge in [-0.2, -0.15) is 0 Å². The normalized spacial score (nSPS) is 17.2. The Morgan fingerprint density at radius 2 is 1.95 bits per heavy atom. The number of hydrogen-bond donors (Lipinski definition) is 3. The molecule has 1 aromatic rings. The van der Waals surface area contributed by atoms with Gasteiger partial charge in [0.2, 0.25) is 0 Å². The van der Waals surface area contributed by atoms with Crippen LogP contribution in [0, 0.1) is 5.82 Å². The third-order valence-corrected chi connectivity index (χ3v) is 3.35. The van der Waals surface area contributed by atoms with E-state index in [1.807, 2.05) is 0 Å². The second-order valence-electron chi connectivity index (χ2n) is 4.75. The summed E-state index contributed by atoms with van der Waals surface area (Å²) in [5.74, 6) is -2.22. The molecule has 0 spiro atoms. The van der Waals surface area contributed by atoms with Gasteiger partial charge in [0.15, 0.2) is 0 Å². The lowest BCUT2D eigenvalue weighted by Gasteiger charge is -2.21. The van der Waals surface area contributed by atoms with Gasteiger partial charge >= 0.3 is 0 Å². The first-order valence-corrected chi connectivity index (χ1v) is 6.05. The fraction of sp³-hybridized carbons (Fsp3) is 0.385. The van der Waals surface area contributed by atoms with Crippen LogP contribution >= 0.6 is 0 Å². The molecule has 19 heavy (non-hydrogen) atoms. The Morgan fingerprint density at radius 3 is 2.47 bits per heavy atom. The number of aliphatic hydroxyl groups is 1. The third-order valence-electron chi connectivity index (χ3n) is 3.35. The molecule has 102 valence electrons. The van der Waals surface area contributed by atoms with Crippen molar-refractivity contribution in [1.29, 1.82) is 0 Å². The van der Waals surface area contributed by atoms with E-state index in [1.54, 1.807) is 0 Å². The summed E-state index contributed by atoms with van der Waals surface area (Å²) in [6, 6.07) is 3.58. The van der Waals surface area contributed by atoms with Crippen molar-refractivity contribution >= 4 is 17.5 Å². The highest BCUT2D eigenvalue weighted by Gasteiger charge is 2.38. The zero-order chi connectivity index (χ0) is 14.0. The van der Waals surface area contributed by atoms with Crippen molar-refractivity contribution in [2.75, 3.05) is 5.32 Å². The quantitative estimate of drug-likeness (QED) is 0.766. The van der Waals surface area contributed by atoms with E-state index in [1.165, 1.54) is 12.1 Å². The van der Waals surface area contributed by atoms with Gasteiger partial charge in [0, 0.05) is 5.69 Å². The molecule has 5 nitrogen and oxygen atoms in total. The molecule has 0 radical (unpaired) electrons. The maximum Gasteiger partial charge on any atom is 0.256 e. The second-order valence-corrected chi connectivity index (χ2v) is 4.75. The van der Waals surface area contributed by atoms with Gasteiger partial charge in [-0.1, -0.05) is 0 Å². The van der Waals surface area contributed by atoms with Crippen LogP contribution in [-0.2, 0) is 4.79 Å². The molecular weight excluding hydrogens is 251 g/mol. The summed E-state index contributed by atoms with van der Waals surface area (Å²) < 4.78 is 13.5. The molecule has 1 aromatic carbocycles. The molecule has 0 unspecified atom stereocenters. The van der Waals surface area contributed by atoms with Gasteiger partial charge in [0.05, 0.1) is 5.56 Å². The van der Waals surface area contributed by atoms with Crippen LogP contribution in [-0.4, -0.2) is 22.5 Å². The smallest absolute Gasteiger partial charge is 0.256 e. The van der Waals surface area contributed by atoms with Gasteiger partial charge in [-0.05, 0) is 43.9 Å². The van der Waals surface area contributed by atoms with E-state index in [0.717, 1.165) is 18.9 Å². The maximum atomic E-state index is 13.5. The highest BCUT2D eigenvalue weighted by Crippen LogP contribution is 2.30. The minimum Gasteiger partial charge on any atom is -0.380 e. The number of hydrogen-bond acceptors (Lipinski definition) is 3. The van der Waals surface area contributed by atoms with Crippen molar-refractivity contribution < 1.29 is 19.1 Å². The highest BCUT2D eigenvalue weighted by atomic mass is 19.1. The van der Waals surface area contributed by atoms with Crippen LogP contribution in [0.4, 0.5) is 10.1 Å². The second kappa shape index (κ2) is 4.97. The average molecular weight is 266 g/mol. The number of nitrogens with two attached hydrogens (primary N) is 1. The first kappa shape index (κ1) is 13.5.